The fourth-order valence-corrected chi connectivity index (χ4v) is 2.45. The quantitative estimate of drug-likeness (QED) is 0.428. The molecule has 1 N–H and O–H groups in total. The number of hydrogen-bond donors (Lipinski definition) is 1. The average Bonchev–Trinajstić information content (AvgIpc) is 2.39. The van der Waals surface area contributed by atoms with E-state index in [1.807, 2.05) is 24.8 Å². The number of nitrogens with one attached hydrogen (secondary N) is 1. The summed E-state index contributed by atoms with van der Waals surface area (Å²) in [5, 5.41) is 14.2. The highest BCUT2D eigenvalue weighted by Gasteiger charge is 2.12. The van der Waals surface area contributed by atoms with E-state index in [9.17, 15) is 10.1 Å². The molecule has 0 aliphatic rings. The van der Waals surface area contributed by atoms with Crippen LogP contribution in [0.4, 0.5) is 5.69 Å². The lowest BCUT2D eigenvalue weighted by atomic mass is 10.1. The van der Waals surface area contributed by atoms with Crippen molar-refractivity contribution < 1.29 is 4.92 Å². The van der Waals surface area contributed by atoms with Crippen molar-refractivity contribution >= 4 is 17.4 Å². The lowest BCUT2D eigenvalue weighted by molar-refractivity contribution is -0.385. The lowest BCUT2D eigenvalue weighted by Gasteiger charge is -2.08. The van der Waals surface area contributed by atoms with Crippen LogP contribution in [-0.2, 0) is 6.54 Å². The molecule has 0 amide bonds. The molecule has 1 rings (SSSR count). The molecule has 0 saturated carbocycles. The third kappa shape index (κ3) is 5.61. The molecule has 0 radical (unpaired) electrons. The standard InChI is InChI=1S/C14H22N2O2S/c1-12-13(7-6-8-14(12)16(17)18)11-15-9-4-3-5-10-19-2/h6-8,15H,3-5,9-11H2,1-2H3. The second kappa shape index (κ2) is 8.93. The molecule has 5 heteroatoms. The minimum atomic E-state index is -0.318. The van der Waals surface area contributed by atoms with E-state index in [0.717, 1.165) is 24.1 Å². The molecule has 0 heterocycles. The highest BCUT2D eigenvalue weighted by atomic mass is 32.2. The van der Waals surface area contributed by atoms with Gasteiger partial charge >= 0.3 is 0 Å². The van der Waals surface area contributed by atoms with Crippen LogP contribution in [0.5, 0.6) is 0 Å². The van der Waals surface area contributed by atoms with Gasteiger partial charge in [0.05, 0.1) is 4.92 Å². The van der Waals surface area contributed by atoms with Gasteiger partial charge in [-0.15, -0.1) is 0 Å². The van der Waals surface area contributed by atoms with Crippen LogP contribution >= 0.6 is 11.8 Å². The number of nitro benzene ring substituents is 1. The van der Waals surface area contributed by atoms with Gasteiger partial charge in [-0.25, -0.2) is 0 Å². The maximum atomic E-state index is 10.8. The Labute approximate surface area is 119 Å². The Balaban J connectivity index is 2.33. The first kappa shape index (κ1) is 16.0. The molecule has 19 heavy (non-hydrogen) atoms. The molecule has 1 aromatic carbocycles. The predicted molar refractivity (Wildman–Crippen MR) is 81.8 cm³/mol. The fraction of sp³-hybridized carbons (Fsp3) is 0.571. The smallest absolute Gasteiger partial charge is 0.272 e. The van der Waals surface area contributed by atoms with Crippen molar-refractivity contribution in [2.24, 2.45) is 0 Å². The first-order chi connectivity index (χ1) is 9.16. The average molecular weight is 282 g/mol. The van der Waals surface area contributed by atoms with E-state index in [1.54, 1.807) is 12.1 Å². The molecule has 0 bridgehead atoms. The first-order valence-electron chi connectivity index (χ1n) is 6.59. The molecule has 1 aromatic rings. The molecular formula is C14H22N2O2S. The minimum Gasteiger partial charge on any atom is -0.313 e. The number of benzene rings is 1. The van der Waals surface area contributed by atoms with E-state index in [1.165, 1.54) is 18.6 Å². The van der Waals surface area contributed by atoms with Crippen molar-refractivity contribution in [3.05, 3.63) is 39.4 Å². The zero-order valence-electron chi connectivity index (χ0n) is 11.6. The van der Waals surface area contributed by atoms with E-state index in [2.05, 4.69) is 11.6 Å². The van der Waals surface area contributed by atoms with Crippen LogP contribution in [0.25, 0.3) is 0 Å². The third-order valence-corrected chi connectivity index (χ3v) is 3.83. The lowest BCUT2D eigenvalue weighted by Crippen LogP contribution is -2.15. The normalized spacial score (nSPS) is 10.6. The van der Waals surface area contributed by atoms with Gasteiger partial charge in [-0.3, -0.25) is 10.1 Å². The Hall–Kier alpha value is -1.07. The van der Waals surface area contributed by atoms with E-state index in [-0.39, 0.29) is 10.6 Å². The summed E-state index contributed by atoms with van der Waals surface area (Å²) in [4.78, 5) is 10.5. The maximum absolute atomic E-state index is 10.8. The molecule has 0 aliphatic carbocycles. The molecule has 0 atom stereocenters. The van der Waals surface area contributed by atoms with Crippen molar-refractivity contribution in [3.8, 4) is 0 Å². The molecular weight excluding hydrogens is 260 g/mol. The number of hydrogen-bond acceptors (Lipinski definition) is 4. The number of nitro groups is 1. The summed E-state index contributed by atoms with van der Waals surface area (Å²) in [5.41, 5.74) is 1.99. The summed E-state index contributed by atoms with van der Waals surface area (Å²) in [6, 6.07) is 5.25. The summed E-state index contributed by atoms with van der Waals surface area (Å²) in [6.07, 6.45) is 5.79. The zero-order valence-corrected chi connectivity index (χ0v) is 12.5. The van der Waals surface area contributed by atoms with Crippen LogP contribution in [-0.4, -0.2) is 23.5 Å². The van der Waals surface area contributed by atoms with Gasteiger partial charge in [0, 0.05) is 18.2 Å². The Kier molecular flexibility index (Phi) is 7.52. The van der Waals surface area contributed by atoms with Gasteiger partial charge in [0.25, 0.3) is 5.69 Å². The SMILES string of the molecule is CSCCCCCNCc1cccc([N+](=O)[O-])c1C. The van der Waals surface area contributed by atoms with Gasteiger partial charge in [0.2, 0.25) is 0 Å². The second-order valence-electron chi connectivity index (χ2n) is 4.55. The van der Waals surface area contributed by atoms with E-state index >= 15 is 0 Å². The van der Waals surface area contributed by atoms with E-state index in [4.69, 9.17) is 0 Å². The Morgan fingerprint density at radius 1 is 1.32 bits per heavy atom. The Bertz CT molecular complexity index is 410. The number of thioether (sulfide) groups is 1. The minimum absolute atomic E-state index is 0.208. The molecule has 0 saturated heterocycles. The van der Waals surface area contributed by atoms with Crippen molar-refractivity contribution in [1.82, 2.24) is 5.32 Å². The molecule has 0 spiro atoms. The third-order valence-electron chi connectivity index (χ3n) is 3.13. The van der Waals surface area contributed by atoms with Gasteiger partial charge in [0.15, 0.2) is 0 Å². The summed E-state index contributed by atoms with van der Waals surface area (Å²) in [5.74, 6) is 1.23. The predicted octanol–water partition coefficient (Wildman–Crippen LogP) is 3.53. The van der Waals surface area contributed by atoms with Crippen LogP contribution in [0, 0.1) is 17.0 Å². The fourth-order valence-electron chi connectivity index (χ4n) is 1.96. The van der Waals surface area contributed by atoms with Gasteiger partial charge in [-0.2, -0.15) is 11.8 Å². The summed E-state index contributed by atoms with van der Waals surface area (Å²) < 4.78 is 0. The van der Waals surface area contributed by atoms with Crippen LogP contribution in [0.3, 0.4) is 0 Å². The van der Waals surface area contributed by atoms with Crippen LogP contribution in [0.1, 0.15) is 30.4 Å². The summed E-state index contributed by atoms with van der Waals surface area (Å²) in [7, 11) is 0. The number of rotatable bonds is 9. The number of unbranched alkanes of at least 4 members (excludes halogenated alkanes) is 2. The molecule has 0 unspecified atom stereocenters. The maximum Gasteiger partial charge on any atom is 0.272 e. The monoisotopic (exact) mass is 282 g/mol. The van der Waals surface area contributed by atoms with E-state index in [0.29, 0.717) is 6.54 Å². The van der Waals surface area contributed by atoms with Crippen LogP contribution in [0.15, 0.2) is 18.2 Å². The summed E-state index contributed by atoms with van der Waals surface area (Å²) >= 11 is 1.88. The highest BCUT2D eigenvalue weighted by Crippen LogP contribution is 2.20. The first-order valence-corrected chi connectivity index (χ1v) is 7.98. The molecule has 0 fully saturated rings. The number of nitrogens with zero attached hydrogens (tertiary/aromatic N) is 1. The summed E-state index contributed by atoms with van der Waals surface area (Å²) in [6.45, 7) is 3.49. The van der Waals surface area contributed by atoms with Gasteiger partial charge < -0.3 is 5.32 Å². The van der Waals surface area contributed by atoms with Crippen molar-refractivity contribution in [3.63, 3.8) is 0 Å². The Morgan fingerprint density at radius 2 is 2.11 bits per heavy atom. The topological polar surface area (TPSA) is 55.2 Å². The molecule has 4 nitrogen and oxygen atoms in total. The molecule has 0 aromatic heterocycles. The van der Waals surface area contributed by atoms with Crippen molar-refractivity contribution in [2.45, 2.75) is 32.7 Å². The largest absolute Gasteiger partial charge is 0.313 e. The van der Waals surface area contributed by atoms with Gasteiger partial charge in [-0.05, 0) is 43.9 Å². The second-order valence-corrected chi connectivity index (χ2v) is 5.53. The van der Waals surface area contributed by atoms with Crippen molar-refractivity contribution in [2.75, 3.05) is 18.6 Å². The highest BCUT2D eigenvalue weighted by molar-refractivity contribution is 7.98. The van der Waals surface area contributed by atoms with Crippen molar-refractivity contribution in [1.29, 1.82) is 0 Å². The van der Waals surface area contributed by atoms with Crippen LogP contribution in [0.2, 0.25) is 0 Å². The van der Waals surface area contributed by atoms with Crippen LogP contribution < -0.4 is 5.32 Å². The van der Waals surface area contributed by atoms with E-state index < -0.39 is 0 Å². The molecule has 106 valence electrons. The Morgan fingerprint density at radius 3 is 2.79 bits per heavy atom. The van der Waals surface area contributed by atoms with Gasteiger partial charge in [-0.1, -0.05) is 18.6 Å². The zero-order chi connectivity index (χ0) is 14.1. The molecule has 0 aliphatic heterocycles. The van der Waals surface area contributed by atoms with Gasteiger partial charge in [0.1, 0.15) is 0 Å².